The van der Waals surface area contributed by atoms with Crippen LogP contribution in [0, 0.1) is 18.8 Å². The highest BCUT2D eigenvalue weighted by molar-refractivity contribution is 5.81. The number of nitrogens with zero attached hydrogens (tertiary/aromatic N) is 1. The molecule has 1 N–H and O–H groups in total. The molecule has 3 heteroatoms. The van der Waals surface area contributed by atoms with Gasteiger partial charge in [-0.25, -0.2) is 0 Å². The summed E-state index contributed by atoms with van der Waals surface area (Å²) in [6, 6.07) is 9.09. The minimum Gasteiger partial charge on any atom is -0.318 e. The van der Waals surface area contributed by atoms with E-state index < -0.39 is 0 Å². The van der Waals surface area contributed by atoms with Crippen molar-refractivity contribution in [2.75, 3.05) is 6.54 Å². The van der Waals surface area contributed by atoms with Gasteiger partial charge in [-0.3, -0.25) is 10.1 Å². The first-order valence-corrected chi connectivity index (χ1v) is 7.85. The van der Waals surface area contributed by atoms with Crippen LogP contribution in [0.4, 0.5) is 0 Å². The maximum Gasteiger partial charge on any atom is 0.238 e. The van der Waals surface area contributed by atoms with Crippen molar-refractivity contribution in [2.45, 2.75) is 44.8 Å². The first-order valence-electron chi connectivity index (χ1n) is 7.85. The first-order chi connectivity index (χ1) is 9.74. The summed E-state index contributed by atoms with van der Waals surface area (Å²) < 4.78 is 0. The zero-order chi connectivity index (χ0) is 13.7. The van der Waals surface area contributed by atoms with Gasteiger partial charge in [0.25, 0.3) is 0 Å². The van der Waals surface area contributed by atoms with Gasteiger partial charge in [-0.1, -0.05) is 29.8 Å². The Bertz CT molecular complexity index is 504. The van der Waals surface area contributed by atoms with E-state index in [1.54, 1.807) is 0 Å². The molecule has 1 heterocycles. The average Bonchev–Trinajstić information content (AvgIpc) is 3.34. The fourth-order valence-electron chi connectivity index (χ4n) is 3.60. The molecular weight excluding hydrogens is 248 g/mol. The van der Waals surface area contributed by atoms with Crippen LogP contribution in [-0.2, 0) is 4.79 Å². The number of carbonyl (C=O) groups is 1. The van der Waals surface area contributed by atoms with E-state index in [4.69, 9.17) is 0 Å². The Labute approximate surface area is 120 Å². The normalized spacial score (nSPS) is 26.6. The lowest BCUT2D eigenvalue weighted by Gasteiger charge is -2.33. The topological polar surface area (TPSA) is 32.3 Å². The molecule has 2 aliphatic carbocycles. The molecule has 1 atom stereocenters. The molecule has 3 aliphatic rings. The Morgan fingerprint density at radius 3 is 2.25 bits per heavy atom. The lowest BCUT2D eigenvalue weighted by molar-refractivity contribution is -0.131. The Kier molecular flexibility index (Phi) is 2.84. The van der Waals surface area contributed by atoms with Crippen molar-refractivity contribution in [1.82, 2.24) is 10.2 Å². The van der Waals surface area contributed by atoms with Crippen LogP contribution in [0.3, 0.4) is 0 Å². The monoisotopic (exact) mass is 270 g/mol. The zero-order valence-corrected chi connectivity index (χ0v) is 12.0. The molecule has 3 fully saturated rings. The first kappa shape index (κ1) is 12.4. The van der Waals surface area contributed by atoms with Gasteiger partial charge in [0.05, 0.1) is 6.54 Å². The second-order valence-electron chi connectivity index (χ2n) is 6.66. The van der Waals surface area contributed by atoms with Crippen LogP contribution in [-0.4, -0.2) is 23.4 Å². The SMILES string of the molecule is Cc1ccc(C2NCC(=O)N2C(C2CC2)C2CC2)cc1. The Morgan fingerprint density at radius 1 is 1.10 bits per heavy atom. The van der Waals surface area contributed by atoms with Gasteiger partial charge in [0.15, 0.2) is 0 Å². The quantitative estimate of drug-likeness (QED) is 0.912. The molecule has 1 aliphatic heterocycles. The fourth-order valence-corrected chi connectivity index (χ4v) is 3.60. The minimum atomic E-state index is 0.0919. The second-order valence-corrected chi connectivity index (χ2v) is 6.66. The van der Waals surface area contributed by atoms with E-state index >= 15 is 0 Å². The average molecular weight is 270 g/mol. The third kappa shape index (κ3) is 2.14. The van der Waals surface area contributed by atoms with Crippen molar-refractivity contribution in [1.29, 1.82) is 0 Å². The van der Waals surface area contributed by atoms with Gasteiger partial charge in [-0.05, 0) is 50.0 Å². The fraction of sp³-hybridized carbons (Fsp3) is 0.588. The van der Waals surface area contributed by atoms with Gasteiger partial charge in [-0.15, -0.1) is 0 Å². The molecule has 2 saturated carbocycles. The van der Waals surface area contributed by atoms with Gasteiger partial charge in [-0.2, -0.15) is 0 Å². The van der Waals surface area contributed by atoms with Gasteiger partial charge in [0.2, 0.25) is 5.91 Å². The molecule has 0 radical (unpaired) electrons. The molecule has 0 spiro atoms. The summed E-state index contributed by atoms with van der Waals surface area (Å²) in [4.78, 5) is 14.6. The summed E-state index contributed by atoms with van der Waals surface area (Å²) in [6.45, 7) is 2.60. The van der Waals surface area contributed by atoms with E-state index in [-0.39, 0.29) is 6.17 Å². The number of hydrogen-bond donors (Lipinski definition) is 1. The number of aryl methyl sites for hydroxylation is 1. The molecular formula is C17H22N2O. The van der Waals surface area contributed by atoms with Crippen molar-refractivity contribution in [3.63, 3.8) is 0 Å². The van der Waals surface area contributed by atoms with Crippen molar-refractivity contribution < 1.29 is 4.79 Å². The molecule has 0 bridgehead atoms. The Balaban J connectivity index is 1.64. The molecule has 0 aromatic heterocycles. The lowest BCUT2D eigenvalue weighted by Crippen LogP contribution is -2.42. The zero-order valence-electron chi connectivity index (χ0n) is 12.0. The molecule has 3 nitrogen and oxygen atoms in total. The summed E-state index contributed by atoms with van der Waals surface area (Å²) in [6.07, 6.45) is 5.34. The number of hydrogen-bond acceptors (Lipinski definition) is 2. The van der Waals surface area contributed by atoms with E-state index in [2.05, 4.69) is 41.4 Å². The molecule has 1 saturated heterocycles. The molecule has 4 rings (SSSR count). The van der Waals surface area contributed by atoms with E-state index in [9.17, 15) is 4.79 Å². The standard InChI is InChI=1S/C17H22N2O/c1-11-2-4-14(5-3-11)17-18-10-15(20)19(17)16(12-6-7-12)13-8-9-13/h2-5,12-13,16-18H,6-10H2,1H3. The molecule has 1 aromatic rings. The van der Waals surface area contributed by atoms with Crippen LogP contribution in [0.1, 0.15) is 43.0 Å². The van der Waals surface area contributed by atoms with E-state index in [0.29, 0.717) is 18.5 Å². The number of amides is 1. The van der Waals surface area contributed by atoms with E-state index in [0.717, 1.165) is 11.8 Å². The maximum absolute atomic E-state index is 12.4. The van der Waals surface area contributed by atoms with Crippen molar-refractivity contribution >= 4 is 5.91 Å². The van der Waals surface area contributed by atoms with Gasteiger partial charge >= 0.3 is 0 Å². The van der Waals surface area contributed by atoms with Crippen LogP contribution in [0.15, 0.2) is 24.3 Å². The smallest absolute Gasteiger partial charge is 0.238 e. The Morgan fingerprint density at radius 2 is 1.70 bits per heavy atom. The summed E-state index contributed by atoms with van der Waals surface area (Å²) in [5.41, 5.74) is 2.50. The van der Waals surface area contributed by atoms with E-state index in [1.807, 2.05) is 0 Å². The maximum atomic E-state index is 12.4. The summed E-state index contributed by atoms with van der Waals surface area (Å²) >= 11 is 0. The molecule has 1 unspecified atom stereocenters. The molecule has 106 valence electrons. The van der Waals surface area contributed by atoms with Gasteiger partial charge in [0, 0.05) is 6.04 Å². The van der Waals surface area contributed by atoms with Crippen LogP contribution in [0.25, 0.3) is 0 Å². The Hall–Kier alpha value is -1.35. The third-order valence-electron chi connectivity index (χ3n) is 4.94. The van der Waals surface area contributed by atoms with Crippen molar-refractivity contribution in [3.8, 4) is 0 Å². The summed E-state index contributed by atoms with van der Waals surface area (Å²) in [5, 5.41) is 3.41. The second kappa shape index (κ2) is 4.59. The summed E-state index contributed by atoms with van der Waals surface area (Å²) in [5.74, 6) is 1.82. The third-order valence-corrected chi connectivity index (χ3v) is 4.94. The molecule has 1 amide bonds. The molecule has 1 aromatic carbocycles. The highest BCUT2D eigenvalue weighted by Gasteiger charge is 2.49. The number of carbonyl (C=O) groups excluding carboxylic acids is 1. The molecule has 20 heavy (non-hydrogen) atoms. The van der Waals surface area contributed by atoms with Crippen LogP contribution in [0.2, 0.25) is 0 Å². The number of benzene rings is 1. The summed E-state index contributed by atoms with van der Waals surface area (Å²) in [7, 11) is 0. The van der Waals surface area contributed by atoms with Gasteiger partial charge < -0.3 is 4.90 Å². The largest absolute Gasteiger partial charge is 0.318 e. The van der Waals surface area contributed by atoms with Crippen LogP contribution >= 0.6 is 0 Å². The van der Waals surface area contributed by atoms with E-state index in [1.165, 1.54) is 36.8 Å². The number of rotatable bonds is 4. The minimum absolute atomic E-state index is 0.0919. The highest BCUT2D eigenvalue weighted by Crippen LogP contribution is 2.49. The van der Waals surface area contributed by atoms with Crippen LogP contribution < -0.4 is 5.32 Å². The number of nitrogens with one attached hydrogen (secondary N) is 1. The van der Waals surface area contributed by atoms with Crippen molar-refractivity contribution in [2.24, 2.45) is 11.8 Å². The lowest BCUT2D eigenvalue weighted by atomic mass is 10.0. The van der Waals surface area contributed by atoms with Crippen LogP contribution in [0.5, 0.6) is 0 Å². The van der Waals surface area contributed by atoms with Crippen molar-refractivity contribution in [3.05, 3.63) is 35.4 Å². The predicted molar refractivity (Wildman–Crippen MR) is 78.0 cm³/mol. The highest BCUT2D eigenvalue weighted by atomic mass is 16.2. The predicted octanol–water partition coefficient (Wildman–Crippen LogP) is 2.61. The van der Waals surface area contributed by atoms with Gasteiger partial charge in [0.1, 0.15) is 6.17 Å².